The average molecular weight is 352 g/mol. The maximum absolute atomic E-state index is 12.3. The molecule has 0 aliphatic heterocycles. The molecule has 0 saturated heterocycles. The number of hydrogen-bond acceptors (Lipinski definition) is 4. The normalized spacial score (nSPS) is 11.3. The van der Waals surface area contributed by atoms with Crippen molar-refractivity contribution in [2.24, 2.45) is 12.8 Å². The van der Waals surface area contributed by atoms with Crippen LogP contribution in [0.4, 0.5) is 5.69 Å². The third-order valence-corrected chi connectivity index (χ3v) is 3.48. The molecule has 0 aliphatic carbocycles. The highest BCUT2D eigenvalue weighted by Gasteiger charge is 2.18. The lowest BCUT2D eigenvalue weighted by Gasteiger charge is -2.12. The van der Waals surface area contributed by atoms with Gasteiger partial charge in [0, 0.05) is 13.2 Å². The Morgan fingerprint density at radius 1 is 1.29 bits per heavy atom. The molecule has 0 bridgehead atoms. The molecule has 0 saturated carbocycles. The third kappa shape index (κ3) is 4.59. The molecule has 1 heterocycles. The van der Waals surface area contributed by atoms with Crippen LogP contribution in [0.25, 0.3) is 0 Å². The fourth-order valence-corrected chi connectivity index (χ4v) is 2.19. The molecule has 130 valence electrons. The maximum Gasteiger partial charge on any atom is 0.355 e. The average Bonchev–Trinajstić information content (AvgIpc) is 2.88. The number of anilines is 1. The lowest BCUT2D eigenvalue weighted by molar-refractivity contribution is -0.117. The van der Waals surface area contributed by atoms with Gasteiger partial charge in [0.05, 0.1) is 12.3 Å². The minimum Gasteiger partial charge on any atom is -0.461 e. The zero-order valence-corrected chi connectivity index (χ0v) is 14.7. The minimum atomic E-state index is -0.776. The molecule has 0 aliphatic rings. The lowest BCUT2D eigenvalue weighted by atomic mass is 10.1. The minimum absolute atomic E-state index is 0. The van der Waals surface area contributed by atoms with Crippen molar-refractivity contribution in [2.45, 2.75) is 19.9 Å². The molecule has 1 atom stereocenters. The zero-order chi connectivity index (χ0) is 17.0. The number of hydrogen-bond donors (Lipinski definition) is 2. The van der Waals surface area contributed by atoms with Crippen molar-refractivity contribution in [2.75, 3.05) is 11.9 Å². The van der Waals surface area contributed by atoms with Gasteiger partial charge in [-0.15, -0.1) is 12.4 Å². The number of carbonyl (C=O) groups excluding carboxylic acids is 2. The molecule has 0 fully saturated rings. The first kappa shape index (κ1) is 19.7. The highest BCUT2D eigenvalue weighted by atomic mass is 35.5. The number of ether oxygens (including phenoxy) is 1. The van der Waals surface area contributed by atoms with Crippen LogP contribution in [0, 0.1) is 6.92 Å². The van der Waals surface area contributed by atoms with Crippen molar-refractivity contribution < 1.29 is 14.3 Å². The van der Waals surface area contributed by atoms with E-state index in [1.165, 1.54) is 0 Å². The van der Waals surface area contributed by atoms with Crippen LogP contribution in [0.5, 0.6) is 0 Å². The second kappa shape index (κ2) is 8.52. The van der Waals surface area contributed by atoms with Crippen molar-refractivity contribution in [3.63, 3.8) is 0 Å². The Hall–Kier alpha value is -2.31. The quantitative estimate of drug-likeness (QED) is 0.810. The SMILES string of the molecule is CCOC(=O)c1cc(NC(=O)C(N)c2ccc(C)cc2)cn1C.Cl. The molecular weight excluding hydrogens is 330 g/mol. The van der Waals surface area contributed by atoms with E-state index in [4.69, 9.17) is 10.5 Å². The number of carbonyl (C=O) groups is 2. The second-order valence-corrected chi connectivity index (χ2v) is 5.32. The number of rotatable bonds is 5. The summed E-state index contributed by atoms with van der Waals surface area (Å²) >= 11 is 0. The molecule has 6 nitrogen and oxygen atoms in total. The molecule has 3 N–H and O–H groups in total. The fourth-order valence-electron chi connectivity index (χ4n) is 2.19. The predicted molar refractivity (Wildman–Crippen MR) is 95.4 cm³/mol. The van der Waals surface area contributed by atoms with Crippen LogP contribution in [-0.4, -0.2) is 23.1 Å². The van der Waals surface area contributed by atoms with Gasteiger partial charge in [0.2, 0.25) is 5.91 Å². The Morgan fingerprint density at radius 3 is 2.50 bits per heavy atom. The predicted octanol–water partition coefficient (Wildman–Crippen LogP) is 2.57. The van der Waals surface area contributed by atoms with E-state index in [0.29, 0.717) is 18.0 Å². The number of amides is 1. The first-order valence-electron chi connectivity index (χ1n) is 7.39. The van der Waals surface area contributed by atoms with E-state index in [2.05, 4.69) is 5.32 Å². The Morgan fingerprint density at radius 2 is 1.92 bits per heavy atom. The van der Waals surface area contributed by atoms with Gasteiger partial charge in [-0.05, 0) is 25.5 Å². The van der Waals surface area contributed by atoms with Crippen LogP contribution in [0.1, 0.15) is 34.6 Å². The lowest BCUT2D eigenvalue weighted by Crippen LogP contribution is -2.27. The van der Waals surface area contributed by atoms with Gasteiger partial charge in [0.15, 0.2) is 0 Å². The molecule has 2 rings (SSSR count). The molecule has 0 radical (unpaired) electrons. The standard InChI is InChI=1S/C17H21N3O3.ClH/c1-4-23-17(22)14-9-13(10-20(14)3)19-16(21)15(18)12-7-5-11(2)6-8-12;/h5-10,15H,4,18H2,1-3H3,(H,19,21);1H. The number of aromatic nitrogens is 1. The van der Waals surface area contributed by atoms with Crippen LogP contribution < -0.4 is 11.1 Å². The van der Waals surface area contributed by atoms with Gasteiger partial charge >= 0.3 is 5.97 Å². The summed E-state index contributed by atoms with van der Waals surface area (Å²) in [7, 11) is 1.71. The second-order valence-electron chi connectivity index (χ2n) is 5.32. The monoisotopic (exact) mass is 351 g/mol. The van der Waals surface area contributed by atoms with Crippen LogP contribution in [0.15, 0.2) is 36.5 Å². The van der Waals surface area contributed by atoms with Crippen molar-refractivity contribution in [1.82, 2.24) is 4.57 Å². The molecule has 1 unspecified atom stereocenters. The molecular formula is C17H22ClN3O3. The highest BCUT2D eigenvalue weighted by Crippen LogP contribution is 2.17. The Balaban J connectivity index is 0.00000288. The Bertz CT molecular complexity index is 710. The number of aryl methyl sites for hydroxylation is 2. The summed E-state index contributed by atoms with van der Waals surface area (Å²) in [4.78, 5) is 24.0. The molecule has 1 aromatic carbocycles. The van der Waals surface area contributed by atoms with E-state index in [1.54, 1.807) is 30.8 Å². The Kier molecular flexibility index (Phi) is 7.00. The topological polar surface area (TPSA) is 86.3 Å². The van der Waals surface area contributed by atoms with Crippen molar-refractivity contribution in [1.29, 1.82) is 0 Å². The van der Waals surface area contributed by atoms with E-state index in [1.807, 2.05) is 31.2 Å². The maximum atomic E-state index is 12.3. The van der Waals surface area contributed by atoms with E-state index < -0.39 is 12.0 Å². The number of benzene rings is 1. The largest absolute Gasteiger partial charge is 0.461 e. The summed E-state index contributed by atoms with van der Waals surface area (Å²) in [5.74, 6) is -0.770. The van der Waals surface area contributed by atoms with Crippen LogP contribution in [0.2, 0.25) is 0 Å². The van der Waals surface area contributed by atoms with Gasteiger partial charge < -0.3 is 20.4 Å². The van der Waals surface area contributed by atoms with E-state index in [9.17, 15) is 9.59 Å². The smallest absolute Gasteiger partial charge is 0.355 e. The fraction of sp³-hybridized carbons (Fsp3) is 0.294. The van der Waals surface area contributed by atoms with Crippen LogP contribution in [0.3, 0.4) is 0 Å². The summed E-state index contributed by atoms with van der Waals surface area (Å²) in [6.07, 6.45) is 1.64. The molecule has 0 spiro atoms. The van der Waals surface area contributed by atoms with E-state index in [0.717, 1.165) is 11.1 Å². The summed E-state index contributed by atoms with van der Waals surface area (Å²) in [6, 6.07) is 8.26. The van der Waals surface area contributed by atoms with Crippen LogP contribution >= 0.6 is 12.4 Å². The number of nitrogens with zero attached hydrogens (tertiary/aromatic N) is 1. The van der Waals surface area contributed by atoms with Gasteiger partial charge in [-0.25, -0.2) is 4.79 Å². The summed E-state index contributed by atoms with van der Waals surface area (Å²) < 4.78 is 6.56. The molecule has 2 aromatic rings. The number of nitrogens with two attached hydrogens (primary N) is 1. The van der Waals surface area contributed by atoms with Crippen molar-refractivity contribution in [3.05, 3.63) is 53.3 Å². The molecule has 1 amide bonds. The van der Waals surface area contributed by atoms with Crippen LogP contribution in [-0.2, 0) is 16.6 Å². The van der Waals surface area contributed by atoms with Crippen molar-refractivity contribution >= 4 is 30.0 Å². The molecule has 7 heteroatoms. The summed E-state index contributed by atoms with van der Waals surface area (Å²) in [5.41, 5.74) is 8.68. The third-order valence-electron chi connectivity index (χ3n) is 3.48. The molecule has 1 aromatic heterocycles. The highest BCUT2D eigenvalue weighted by molar-refractivity contribution is 5.97. The van der Waals surface area contributed by atoms with Gasteiger partial charge in [0.1, 0.15) is 11.7 Å². The van der Waals surface area contributed by atoms with Gasteiger partial charge in [0.25, 0.3) is 0 Å². The first-order chi connectivity index (χ1) is 10.9. The number of esters is 1. The van der Waals surface area contributed by atoms with Gasteiger partial charge in [-0.3, -0.25) is 4.79 Å². The Labute approximate surface area is 147 Å². The first-order valence-corrected chi connectivity index (χ1v) is 7.39. The zero-order valence-electron chi connectivity index (χ0n) is 13.9. The van der Waals surface area contributed by atoms with Gasteiger partial charge in [-0.2, -0.15) is 0 Å². The van der Waals surface area contributed by atoms with E-state index in [-0.39, 0.29) is 18.3 Å². The molecule has 24 heavy (non-hydrogen) atoms. The number of halogens is 1. The number of nitrogens with one attached hydrogen (secondary N) is 1. The summed E-state index contributed by atoms with van der Waals surface area (Å²) in [5, 5.41) is 2.72. The van der Waals surface area contributed by atoms with E-state index >= 15 is 0 Å². The summed E-state index contributed by atoms with van der Waals surface area (Å²) in [6.45, 7) is 4.00. The van der Waals surface area contributed by atoms with Crippen molar-refractivity contribution in [3.8, 4) is 0 Å². The van der Waals surface area contributed by atoms with Gasteiger partial charge in [-0.1, -0.05) is 29.8 Å².